The predicted molar refractivity (Wildman–Crippen MR) is 109 cm³/mol. The zero-order valence-electron chi connectivity index (χ0n) is 15.8. The van der Waals surface area contributed by atoms with Gasteiger partial charge in [0.15, 0.2) is 11.7 Å². The van der Waals surface area contributed by atoms with Crippen molar-refractivity contribution in [2.75, 3.05) is 6.61 Å². The van der Waals surface area contributed by atoms with Crippen LogP contribution in [0, 0.1) is 0 Å². The summed E-state index contributed by atoms with van der Waals surface area (Å²) >= 11 is 11.9. The summed E-state index contributed by atoms with van der Waals surface area (Å²) in [4.78, 5) is 12.3. The minimum atomic E-state index is -1.35. The first-order chi connectivity index (χ1) is 14.4. The summed E-state index contributed by atoms with van der Waals surface area (Å²) in [6, 6.07) is 6.36. The molecule has 5 atom stereocenters. The van der Waals surface area contributed by atoms with Crippen molar-refractivity contribution >= 4 is 34.2 Å². The molecular formula is C19H20Cl2N4O5. The topological polar surface area (TPSA) is 125 Å². The molecule has 0 bridgehead atoms. The van der Waals surface area contributed by atoms with E-state index >= 15 is 0 Å². The Bertz CT molecular complexity index is 1120. The van der Waals surface area contributed by atoms with Crippen LogP contribution in [0.4, 0.5) is 0 Å². The summed E-state index contributed by atoms with van der Waals surface area (Å²) in [7, 11) is 0. The first-order valence-corrected chi connectivity index (χ1v) is 10.0. The van der Waals surface area contributed by atoms with Crippen LogP contribution in [-0.2, 0) is 9.57 Å². The van der Waals surface area contributed by atoms with Gasteiger partial charge >= 0.3 is 0 Å². The van der Waals surface area contributed by atoms with Crippen LogP contribution in [0.2, 0.25) is 10.0 Å². The lowest BCUT2D eigenvalue weighted by Gasteiger charge is -2.21. The van der Waals surface area contributed by atoms with Gasteiger partial charge in [0.25, 0.3) is 0 Å². The molecule has 0 unspecified atom stereocenters. The van der Waals surface area contributed by atoms with Gasteiger partial charge < -0.3 is 34.4 Å². The number of nitrogens with one attached hydrogen (secondary N) is 1. The van der Waals surface area contributed by atoms with Crippen LogP contribution < -0.4 is 5.49 Å². The van der Waals surface area contributed by atoms with Crippen molar-refractivity contribution in [2.45, 2.75) is 37.6 Å². The molecule has 1 saturated heterocycles. The Hall–Kier alpha value is -2.14. The quantitative estimate of drug-likeness (QED) is 0.436. The van der Waals surface area contributed by atoms with Gasteiger partial charge in [0, 0.05) is 6.20 Å². The van der Waals surface area contributed by atoms with Crippen molar-refractivity contribution in [3.8, 4) is 0 Å². The van der Waals surface area contributed by atoms with Crippen LogP contribution >= 0.6 is 23.2 Å². The Morgan fingerprint density at radius 1 is 1.27 bits per heavy atom. The van der Waals surface area contributed by atoms with E-state index < -0.39 is 30.6 Å². The maximum absolute atomic E-state index is 10.7. The number of rotatable bonds is 5. The standard InChI is InChI=1S/C19H20Cl2N4O5/c1-2-29-24-17-10-5-6-25(18(10)23-8-22-17)19-15(28)14(27)16(30-19)13(26)9-3-4-11(20)12(21)7-9/h3-8,13-16,19,26-28H,2H2,1H3,(H,22,23,24)/t13-,14+,15-,16-,19-/m1/s1. The highest BCUT2D eigenvalue weighted by atomic mass is 35.5. The van der Waals surface area contributed by atoms with Gasteiger partial charge in [-0.2, -0.15) is 0 Å². The Labute approximate surface area is 181 Å². The number of aliphatic hydroxyl groups is 3. The zero-order chi connectivity index (χ0) is 21.4. The average Bonchev–Trinajstić information content (AvgIpc) is 3.30. The predicted octanol–water partition coefficient (Wildman–Crippen LogP) is 1.88. The number of ether oxygens (including phenoxy) is 1. The van der Waals surface area contributed by atoms with E-state index in [1.54, 1.807) is 29.0 Å². The molecule has 9 nitrogen and oxygen atoms in total. The van der Waals surface area contributed by atoms with E-state index in [2.05, 4.69) is 15.1 Å². The van der Waals surface area contributed by atoms with Crippen molar-refractivity contribution in [3.63, 3.8) is 0 Å². The van der Waals surface area contributed by atoms with Crippen molar-refractivity contribution in [2.24, 2.45) is 5.16 Å². The molecule has 0 spiro atoms. The minimum Gasteiger partial charge on any atom is -0.394 e. The number of aromatic amines is 1. The van der Waals surface area contributed by atoms with E-state index in [0.29, 0.717) is 33.7 Å². The number of nitrogens with zero attached hydrogens (tertiary/aromatic N) is 3. The molecule has 4 N–H and O–H groups in total. The van der Waals surface area contributed by atoms with Gasteiger partial charge in [0.2, 0.25) is 0 Å². The molecular weight excluding hydrogens is 435 g/mol. The molecule has 1 aliphatic rings. The second kappa shape index (κ2) is 8.54. The van der Waals surface area contributed by atoms with Gasteiger partial charge in [0.1, 0.15) is 36.7 Å². The summed E-state index contributed by atoms with van der Waals surface area (Å²) in [6.07, 6.45) is -2.86. The van der Waals surface area contributed by atoms with Gasteiger partial charge in [-0.3, -0.25) is 0 Å². The second-order valence-electron chi connectivity index (χ2n) is 6.81. The molecule has 30 heavy (non-hydrogen) atoms. The smallest absolute Gasteiger partial charge is 0.181 e. The Morgan fingerprint density at radius 2 is 2.07 bits per heavy atom. The summed E-state index contributed by atoms with van der Waals surface area (Å²) in [5, 5.41) is 37.2. The highest BCUT2D eigenvalue weighted by Gasteiger charge is 2.47. The number of H-pyrrole nitrogens is 1. The maximum Gasteiger partial charge on any atom is 0.181 e. The number of benzene rings is 1. The summed E-state index contributed by atoms with van der Waals surface area (Å²) in [6.45, 7) is 2.22. The highest BCUT2D eigenvalue weighted by Crippen LogP contribution is 2.38. The molecule has 0 aliphatic carbocycles. The lowest BCUT2D eigenvalue weighted by Crippen LogP contribution is -2.34. The van der Waals surface area contributed by atoms with Crippen molar-refractivity contribution in [1.29, 1.82) is 0 Å². The van der Waals surface area contributed by atoms with Gasteiger partial charge in [-0.05, 0) is 30.7 Å². The minimum absolute atomic E-state index is 0.264. The Kier molecular flexibility index (Phi) is 6.01. The summed E-state index contributed by atoms with van der Waals surface area (Å²) in [5.74, 6) is 0. The highest BCUT2D eigenvalue weighted by molar-refractivity contribution is 6.42. The molecule has 11 heteroatoms. The molecule has 0 saturated carbocycles. The van der Waals surface area contributed by atoms with Crippen LogP contribution in [0.5, 0.6) is 0 Å². The van der Waals surface area contributed by atoms with Crippen LogP contribution in [0.25, 0.3) is 11.0 Å². The molecule has 0 amide bonds. The van der Waals surface area contributed by atoms with Crippen molar-refractivity contribution in [3.05, 3.63) is 57.9 Å². The number of aromatic nitrogens is 3. The third-order valence-electron chi connectivity index (χ3n) is 4.96. The fourth-order valence-corrected chi connectivity index (χ4v) is 3.77. The monoisotopic (exact) mass is 454 g/mol. The van der Waals surface area contributed by atoms with Gasteiger partial charge in [-0.25, -0.2) is 4.98 Å². The molecule has 160 valence electrons. The second-order valence-corrected chi connectivity index (χ2v) is 7.63. The van der Waals surface area contributed by atoms with Crippen LogP contribution in [0.15, 0.2) is 41.9 Å². The molecule has 3 heterocycles. The number of fused-ring (bicyclic) bond motifs is 1. The van der Waals surface area contributed by atoms with E-state index in [1.165, 1.54) is 12.4 Å². The SMILES string of the molecule is CCO/N=c1\[nH]cnc2c1ccn2[C@@H]1O[C@H]([C@H](O)c2ccc(Cl)c(Cl)c2)[C@@H](O)[C@H]1O. The summed E-state index contributed by atoms with van der Waals surface area (Å²) in [5.41, 5.74) is 1.33. The van der Waals surface area contributed by atoms with Crippen LogP contribution in [0.1, 0.15) is 24.8 Å². The molecule has 1 aliphatic heterocycles. The number of halogens is 2. The lowest BCUT2D eigenvalue weighted by molar-refractivity contribution is -0.0848. The van der Waals surface area contributed by atoms with E-state index in [1.807, 2.05) is 6.92 Å². The molecule has 1 aromatic carbocycles. The molecule has 0 radical (unpaired) electrons. The number of aliphatic hydroxyl groups excluding tert-OH is 3. The largest absolute Gasteiger partial charge is 0.394 e. The van der Waals surface area contributed by atoms with E-state index in [0.717, 1.165) is 0 Å². The fraction of sp³-hybridized carbons (Fsp3) is 0.368. The lowest BCUT2D eigenvalue weighted by atomic mass is 9.99. The van der Waals surface area contributed by atoms with Crippen LogP contribution in [0.3, 0.4) is 0 Å². The van der Waals surface area contributed by atoms with E-state index in [-0.39, 0.29) is 5.02 Å². The maximum atomic E-state index is 10.7. The third-order valence-corrected chi connectivity index (χ3v) is 5.70. The van der Waals surface area contributed by atoms with Crippen molar-refractivity contribution < 1.29 is 24.9 Å². The molecule has 2 aromatic heterocycles. The number of hydrogen-bond donors (Lipinski definition) is 4. The first kappa shape index (κ1) is 21.1. The molecule has 4 rings (SSSR count). The van der Waals surface area contributed by atoms with E-state index in [4.69, 9.17) is 32.8 Å². The normalized spacial score (nSPS) is 25.7. The third kappa shape index (κ3) is 3.68. The number of hydrogen-bond acceptors (Lipinski definition) is 7. The van der Waals surface area contributed by atoms with Crippen molar-refractivity contribution in [1.82, 2.24) is 14.5 Å². The fourth-order valence-electron chi connectivity index (χ4n) is 3.46. The zero-order valence-corrected chi connectivity index (χ0v) is 17.3. The van der Waals surface area contributed by atoms with Gasteiger partial charge in [-0.15, -0.1) is 0 Å². The molecule has 3 aromatic rings. The Balaban J connectivity index is 1.66. The molecule has 1 fully saturated rings. The van der Waals surface area contributed by atoms with E-state index in [9.17, 15) is 15.3 Å². The van der Waals surface area contributed by atoms with Gasteiger partial charge in [0.05, 0.1) is 21.8 Å². The van der Waals surface area contributed by atoms with Crippen LogP contribution in [-0.4, -0.2) is 54.8 Å². The summed E-state index contributed by atoms with van der Waals surface area (Å²) < 4.78 is 7.44. The Morgan fingerprint density at radius 3 is 2.80 bits per heavy atom. The first-order valence-electron chi connectivity index (χ1n) is 9.27. The van der Waals surface area contributed by atoms with Gasteiger partial charge in [-0.1, -0.05) is 34.4 Å². The average molecular weight is 455 g/mol.